The van der Waals surface area contributed by atoms with Gasteiger partial charge in [-0.2, -0.15) is 26.3 Å². The molecular formula is C12H16F6O6S2. The second kappa shape index (κ2) is 8.15. The Morgan fingerprint density at radius 3 is 1.62 bits per heavy atom. The van der Waals surface area contributed by atoms with E-state index in [1.165, 1.54) is 13.8 Å². The molecule has 26 heavy (non-hydrogen) atoms. The van der Waals surface area contributed by atoms with Crippen LogP contribution in [0, 0.1) is 0 Å². The molecule has 1 atom stereocenters. The number of hydrogen-bond acceptors (Lipinski definition) is 6. The molecule has 0 aliphatic heterocycles. The molecule has 0 saturated carbocycles. The summed E-state index contributed by atoms with van der Waals surface area (Å²) in [5.74, 6) is -1.01. The number of carbonyl (C=O) groups excluding carboxylic acids is 1. The Bertz CT molecular complexity index is 691. The number of rotatable bonds is 8. The van der Waals surface area contributed by atoms with Gasteiger partial charge in [0.2, 0.25) is 0 Å². The van der Waals surface area contributed by atoms with E-state index >= 15 is 0 Å². The van der Waals surface area contributed by atoms with E-state index < -0.39 is 60.2 Å². The van der Waals surface area contributed by atoms with Gasteiger partial charge in [-0.3, -0.25) is 0 Å². The van der Waals surface area contributed by atoms with E-state index in [1.807, 2.05) is 0 Å². The SMILES string of the molecule is C=C(C)C(=O)OC(CC)CCC(S(=O)(=O)C(F)(F)F)S(=O)(=O)C(F)(F)F. The van der Waals surface area contributed by atoms with E-state index in [0.29, 0.717) is 0 Å². The summed E-state index contributed by atoms with van der Waals surface area (Å²) in [7, 11) is -13.4. The van der Waals surface area contributed by atoms with E-state index in [4.69, 9.17) is 4.74 Å². The topological polar surface area (TPSA) is 94.6 Å². The molecule has 14 heteroatoms. The highest BCUT2D eigenvalue weighted by Gasteiger charge is 2.62. The van der Waals surface area contributed by atoms with Crippen LogP contribution in [-0.4, -0.2) is 44.5 Å². The molecule has 0 aliphatic rings. The quantitative estimate of drug-likeness (QED) is 0.331. The predicted octanol–water partition coefficient (Wildman–Crippen LogP) is 2.86. The molecule has 0 amide bonds. The van der Waals surface area contributed by atoms with Crippen molar-refractivity contribution in [3.8, 4) is 0 Å². The number of sulfone groups is 2. The van der Waals surface area contributed by atoms with Crippen molar-refractivity contribution in [2.45, 2.75) is 54.8 Å². The van der Waals surface area contributed by atoms with Crippen LogP contribution in [0.2, 0.25) is 0 Å². The van der Waals surface area contributed by atoms with Crippen LogP contribution in [-0.2, 0) is 29.2 Å². The number of esters is 1. The maximum absolute atomic E-state index is 12.6. The van der Waals surface area contributed by atoms with Crippen molar-refractivity contribution in [2.75, 3.05) is 0 Å². The Morgan fingerprint density at radius 2 is 1.35 bits per heavy atom. The minimum Gasteiger partial charge on any atom is -0.459 e. The maximum atomic E-state index is 12.6. The first-order valence-electron chi connectivity index (χ1n) is 6.86. The van der Waals surface area contributed by atoms with E-state index in [9.17, 15) is 48.0 Å². The van der Waals surface area contributed by atoms with Crippen LogP contribution in [0.25, 0.3) is 0 Å². The van der Waals surface area contributed by atoms with Gasteiger partial charge < -0.3 is 4.74 Å². The summed E-state index contributed by atoms with van der Waals surface area (Å²) in [5.41, 5.74) is -12.6. The summed E-state index contributed by atoms with van der Waals surface area (Å²) in [4.78, 5) is 11.4. The van der Waals surface area contributed by atoms with Crippen molar-refractivity contribution in [1.29, 1.82) is 0 Å². The van der Waals surface area contributed by atoms with Crippen LogP contribution in [0.1, 0.15) is 33.1 Å². The van der Waals surface area contributed by atoms with Crippen molar-refractivity contribution in [2.24, 2.45) is 0 Å². The normalized spacial score (nSPS) is 15.0. The molecule has 0 radical (unpaired) electrons. The standard InChI is InChI=1S/C12H16F6O6S2/c1-4-8(24-10(19)7(2)3)5-6-9(25(20,21)11(13,14)15)26(22,23)12(16,17)18/h8-9H,2,4-6H2,1,3H3. The first kappa shape index (κ1) is 24.7. The molecule has 0 saturated heterocycles. The van der Waals surface area contributed by atoms with Crippen LogP contribution >= 0.6 is 0 Å². The van der Waals surface area contributed by atoms with Gasteiger partial charge in [0.15, 0.2) is 4.58 Å². The molecule has 0 heterocycles. The van der Waals surface area contributed by atoms with Crippen LogP contribution in [0.3, 0.4) is 0 Å². The highest BCUT2D eigenvalue weighted by Crippen LogP contribution is 2.38. The molecule has 0 aromatic carbocycles. The van der Waals surface area contributed by atoms with Gasteiger partial charge >= 0.3 is 17.0 Å². The first-order valence-corrected chi connectivity index (χ1v) is 9.95. The Morgan fingerprint density at radius 1 is 0.962 bits per heavy atom. The van der Waals surface area contributed by atoms with Crippen molar-refractivity contribution in [3.05, 3.63) is 12.2 Å². The van der Waals surface area contributed by atoms with Gasteiger partial charge in [0.25, 0.3) is 19.7 Å². The fourth-order valence-electron chi connectivity index (χ4n) is 1.70. The molecule has 0 aliphatic carbocycles. The van der Waals surface area contributed by atoms with Crippen LogP contribution in [0.4, 0.5) is 26.3 Å². The number of carbonyl (C=O) groups is 1. The fourth-order valence-corrected chi connectivity index (χ4v) is 5.17. The third kappa shape index (κ3) is 5.59. The smallest absolute Gasteiger partial charge is 0.459 e. The second-order valence-electron chi connectivity index (χ2n) is 5.20. The maximum Gasteiger partial charge on any atom is 0.498 e. The van der Waals surface area contributed by atoms with Crippen LogP contribution in [0.5, 0.6) is 0 Å². The lowest BCUT2D eigenvalue weighted by Crippen LogP contribution is -2.45. The predicted molar refractivity (Wildman–Crippen MR) is 78.0 cm³/mol. The lowest BCUT2D eigenvalue weighted by Gasteiger charge is -2.23. The van der Waals surface area contributed by atoms with Gasteiger partial charge in [0, 0.05) is 5.57 Å². The summed E-state index contributed by atoms with van der Waals surface area (Å²) in [6.07, 6.45) is -3.83. The molecule has 0 aromatic rings. The average molecular weight is 434 g/mol. The second-order valence-corrected chi connectivity index (χ2v) is 9.75. The van der Waals surface area contributed by atoms with Crippen LogP contribution in [0.15, 0.2) is 12.2 Å². The molecule has 0 bridgehead atoms. The lowest BCUT2D eigenvalue weighted by atomic mass is 10.1. The summed E-state index contributed by atoms with van der Waals surface area (Å²) >= 11 is 0. The Labute approximate surface area is 146 Å². The Balaban J connectivity index is 5.81. The molecule has 0 rings (SSSR count). The number of alkyl halides is 6. The van der Waals surface area contributed by atoms with E-state index in [2.05, 4.69) is 6.58 Å². The molecule has 154 valence electrons. The van der Waals surface area contributed by atoms with E-state index in [-0.39, 0.29) is 12.0 Å². The Hall–Kier alpha value is -1.31. The highest BCUT2D eigenvalue weighted by molar-refractivity contribution is 8.09. The molecule has 0 N–H and O–H groups in total. The molecule has 6 nitrogen and oxygen atoms in total. The van der Waals surface area contributed by atoms with Gasteiger partial charge in [-0.05, 0) is 26.2 Å². The third-order valence-corrected chi connectivity index (χ3v) is 7.81. The summed E-state index contributed by atoms with van der Waals surface area (Å²) in [6, 6.07) is 0. The largest absolute Gasteiger partial charge is 0.498 e. The zero-order chi connectivity index (χ0) is 21.1. The number of halogens is 6. The van der Waals surface area contributed by atoms with Crippen molar-refractivity contribution < 1.29 is 52.7 Å². The van der Waals surface area contributed by atoms with Crippen molar-refractivity contribution in [3.63, 3.8) is 0 Å². The highest BCUT2D eigenvalue weighted by atomic mass is 32.3. The van der Waals surface area contributed by atoms with E-state index in [0.717, 1.165) is 0 Å². The van der Waals surface area contributed by atoms with Gasteiger partial charge in [0.05, 0.1) is 0 Å². The molecule has 0 aromatic heterocycles. The van der Waals surface area contributed by atoms with Gasteiger partial charge in [-0.25, -0.2) is 21.6 Å². The minimum atomic E-state index is -6.69. The first-order chi connectivity index (χ1) is 11.4. The Kier molecular flexibility index (Phi) is 7.74. The summed E-state index contributed by atoms with van der Waals surface area (Å²) in [6.45, 7) is 5.79. The fraction of sp³-hybridized carbons (Fsp3) is 0.750. The van der Waals surface area contributed by atoms with Crippen LogP contribution < -0.4 is 0 Å². The van der Waals surface area contributed by atoms with Crippen molar-refractivity contribution >= 4 is 25.6 Å². The molecular weight excluding hydrogens is 418 g/mol. The van der Waals surface area contributed by atoms with Crippen molar-refractivity contribution in [1.82, 2.24) is 0 Å². The minimum absolute atomic E-state index is 0.107. The monoisotopic (exact) mass is 434 g/mol. The zero-order valence-electron chi connectivity index (χ0n) is 13.5. The zero-order valence-corrected chi connectivity index (χ0v) is 15.1. The number of hydrogen-bond donors (Lipinski definition) is 0. The van der Waals surface area contributed by atoms with Gasteiger partial charge in [-0.15, -0.1) is 0 Å². The molecule has 1 unspecified atom stereocenters. The van der Waals surface area contributed by atoms with E-state index in [1.54, 1.807) is 0 Å². The van der Waals surface area contributed by atoms with Gasteiger partial charge in [-0.1, -0.05) is 13.5 Å². The number of ether oxygens (including phenoxy) is 1. The summed E-state index contributed by atoms with van der Waals surface area (Å²) in [5, 5.41) is 0. The lowest BCUT2D eigenvalue weighted by molar-refractivity contribution is -0.144. The molecule has 0 fully saturated rings. The third-order valence-electron chi connectivity index (χ3n) is 3.14. The molecule has 0 spiro atoms. The summed E-state index contributed by atoms with van der Waals surface area (Å²) < 4.78 is 122. The average Bonchev–Trinajstić information content (AvgIpc) is 2.42. The van der Waals surface area contributed by atoms with Gasteiger partial charge in [0.1, 0.15) is 6.10 Å².